The van der Waals surface area contributed by atoms with E-state index in [1.165, 1.54) is 0 Å². The van der Waals surface area contributed by atoms with Gasteiger partial charge in [-0.05, 0) is 56.3 Å². The van der Waals surface area contributed by atoms with E-state index in [4.69, 9.17) is 4.74 Å². The van der Waals surface area contributed by atoms with Crippen LogP contribution in [0.3, 0.4) is 0 Å². The number of fused-ring (bicyclic) bond motifs is 3. The number of carbonyl (C=O) groups excluding carboxylic acids is 3. The Morgan fingerprint density at radius 1 is 1.04 bits per heavy atom. The first kappa shape index (κ1) is 20.5. The predicted molar refractivity (Wildman–Crippen MR) is 104 cm³/mol. The molecule has 152 valence electrons. The molecule has 0 aromatic carbocycles. The summed E-state index contributed by atoms with van der Waals surface area (Å²) in [5.74, 6) is 1.78. The summed E-state index contributed by atoms with van der Waals surface area (Å²) >= 11 is 0. The van der Waals surface area contributed by atoms with Crippen molar-refractivity contribution in [1.29, 1.82) is 0 Å². The Hall–Kier alpha value is -1.19. The van der Waals surface area contributed by atoms with Gasteiger partial charge in [-0.2, -0.15) is 0 Å². The number of hydrogen-bond acceptors (Lipinski definition) is 4. The lowest BCUT2D eigenvalue weighted by Gasteiger charge is -2.54. The van der Waals surface area contributed by atoms with Gasteiger partial charge in [0.05, 0.1) is 6.61 Å². The number of hydrogen-bond donors (Lipinski definition) is 0. The maximum absolute atomic E-state index is 12.9. The molecule has 0 amide bonds. The lowest BCUT2D eigenvalue weighted by atomic mass is 9.49. The Kier molecular flexibility index (Phi) is 6.12. The van der Waals surface area contributed by atoms with Crippen LogP contribution in [-0.4, -0.2) is 24.1 Å². The fraction of sp³-hybridized carbons (Fsp3) is 0.870. The van der Waals surface area contributed by atoms with Crippen LogP contribution in [0.15, 0.2) is 0 Å². The highest BCUT2D eigenvalue weighted by Gasteiger charge is 2.59. The van der Waals surface area contributed by atoms with Crippen molar-refractivity contribution in [3.63, 3.8) is 0 Å². The van der Waals surface area contributed by atoms with Gasteiger partial charge in [0, 0.05) is 30.1 Å². The van der Waals surface area contributed by atoms with Gasteiger partial charge in [-0.25, -0.2) is 0 Å². The lowest BCUT2D eigenvalue weighted by molar-refractivity contribution is -0.151. The molecule has 3 aliphatic rings. The van der Waals surface area contributed by atoms with E-state index in [9.17, 15) is 14.4 Å². The maximum Gasteiger partial charge on any atom is 0.305 e. The minimum absolute atomic E-state index is 0.166. The number of carbonyl (C=O) groups is 3. The van der Waals surface area contributed by atoms with Crippen LogP contribution >= 0.6 is 0 Å². The van der Waals surface area contributed by atoms with Gasteiger partial charge in [0.2, 0.25) is 0 Å². The first-order valence-corrected chi connectivity index (χ1v) is 11.0. The number of ketones is 2. The van der Waals surface area contributed by atoms with E-state index < -0.39 is 5.41 Å². The summed E-state index contributed by atoms with van der Waals surface area (Å²) in [6.45, 7) is 6.85. The van der Waals surface area contributed by atoms with Gasteiger partial charge in [0.25, 0.3) is 0 Å². The summed E-state index contributed by atoms with van der Waals surface area (Å²) in [6, 6.07) is 0. The van der Waals surface area contributed by atoms with E-state index in [1.54, 1.807) is 0 Å². The second-order valence-electron chi connectivity index (χ2n) is 9.60. The Morgan fingerprint density at radius 3 is 2.52 bits per heavy atom. The average molecular weight is 377 g/mol. The highest BCUT2D eigenvalue weighted by molar-refractivity contribution is 5.88. The number of esters is 1. The van der Waals surface area contributed by atoms with Crippen LogP contribution in [0.25, 0.3) is 0 Å². The van der Waals surface area contributed by atoms with Crippen molar-refractivity contribution in [2.24, 2.45) is 28.6 Å². The molecule has 4 nitrogen and oxygen atoms in total. The highest BCUT2D eigenvalue weighted by Crippen LogP contribution is 2.61. The number of ether oxygens (including phenoxy) is 1. The summed E-state index contributed by atoms with van der Waals surface area (Å²) in [7, 11) is 0. The van der Waals surface area contributed by atoms with Crippen LogP contribution in [0.2, 0.25) is 0 Å². The molecule has 0 aliphatic heterocycles. The zero-order chi connectivity index (χ0) is 19.7. The summed E-state index contributed by atoms with van der Waals surface area (Å²) < 4.78 is 5.36. The molecule has 0 bridgehead atoms. The van der Waals surface area contributed by atoms with E-state index in [2.05, 4.69) is 20.8 Å². The van der Waals surface area contributed by atoms with E-state index in [1.807, 2.05) is 0 Å². The fourth-order valence-corrected chi connectivity index (χ4v) is 6.34. The topological polar surface area (TPSA) is 60.4 Å². The molecule has 3 rings (SSSR count). The van der Waals surface area contributed by atoms with E-state index in [0.717, 1.165) is 44.9 Å². The van der Waals surface area contributed by atoms with Gasteiger partial charge in [0.15, 0.2) is 0 Å². The summed E-state index contributed by atoms with van der Waals surface area (Å²) in [5.41, 5.74) is -0.598. The molecule has 5 atom stereocenters. The van der Waals surface area contributed by atoms with Crippen molar-refractivity contribution in [3.8, 4) is 0 Å². The number of Topliss-reactive ketones (excluding diaryl/α,β-unsaturated/α-hetero) is 2. The van der Waals surface area contributed by atoms with Gasteiger partial charge in [-0.1, -0.05) is 33.6 Å². The van der Waals surface area contributed by atoms with Crippen LogP contribution in [0.1, 0.15) is 91.4 Å². The molecule has 0 aromatic heterocycles. The van der Waals surface area contributed by atoms with Crippen LogP contribution in [-0.2, 0) is 19.1 Å². The minimum Gasteiger partial charge on any atom is -0.466 e. The molecule has 0 saturated heterocycles. The third-order valence-electron chi connectivity index (χ3n) is 8.17. The standard InChI is InChI=1S/C23H36O4/c1-4-5-6-15-27-21(26)12-14-23(3)18-11-13-22(2)17(8-10-20(22)25)16(18)7-9-19(23)24/h16-18H,4-15H2,1-3H3. The van der Waals surface area contributed by atoms with Crippen LogP contribution in [0.4, 0.5) is 0 Å². The Bertz CT molecular complexity index is 597. The zero-order valence-corrected chi connectivity index (χ0v) is 17.4. The average Bonchev–Trinajstić information content (AvgIpc) is 2.95. The van der Waals surface area contributed by atoms with Crippen molar-refractivity contribution in [2.45, 2.75) is 91.4 Å². The molecule has 3 saturated carbocycles. The van der Waals surface area contributed by atoms with Gasteiger partial charge in [-0.3, -0.25) is 14.4 Å². The lowest BCUT2D eigenvalue weighted by Crippen LogP contribution is -2.52. The first-order valence-electron chi connectivity index (χ1n) is 11.0. The van der Waals surface area contributed by atoms with E-state index in [0.29, 0.717) is 61.6 Å². The smallest absolute Gasteiger partial charge is 0.305 e. The monoisotopic (exact) mass is 376 g/mol. The Morgan fingerprint density at radius 2 is 1.78 bits per heavy atom. The first-order chi connectivity index (χ1) is 12.8. The maximum atomic E-state index is 12.9. The second kappa shape index (κ2) is 8.05. The van der Waals surface area contributed by atoms with Crippen molar-refractivity contribution in [2.75, 3.05) is 6.61 Å². The molecule has 0 radical (unpaired) electrons. The molecule has 27 heavy (non-hydrogen) atoms. The van der Waals surface area contributed by atoms with Crippen molar-refractivity contribution in [3.05, 3.63) is 0 Å². The fourth-order valence-electron chi connectivity index (χ4n) is 6.34. The van der Waals surface area contributed by atoms with Gasteiger partial charge in [0.1, 0.15) is 11.6 Å². The van der Waals surface area contributed by atoms with Crippen molar-refractivity contribution < 1.29 is 19.1 Å². The molecule has 0 N–H and O–H groups in total. The van der Waals surface area contributed by atoms with Crippen molar-refractivity contribution in [1.82, 2.24) is 0 Å². The van der Waals surface area contributed by atoms with E-state index in [-0.39, 0.29) is 11.4 Å². The molecule has 0 heterocycles. The van der Waals surface area contributed by atoms with Gasteiger partial charge >= 0.3 is 5.97 Å². The SMILES string of the molecule is CCCCCOC(=O)CCC1(C)C(=O)CCC2C1CCC1(C)C(=O)CCC21. The second-order valence-corrected chi connectivity index (χ2v) is 9.60. The Balaban J connectivity index is 1.64. The predicted octanol–water partition coefficient (Wildman–Crippen LogP) is 4.88. The third kappa shape index (κ3) is 3.73. The number of rotatable bonds is 7. The molecule has 3 aliphatic carbocycles. The van der Waals surface area contributed by atoms with Crippen LogP contribution in [0, 0.1) is 28.6 Å². The normalized spacial score (nSPS) is 38.4. The minimum atomic E-state index is -0.432. The van der Waals surface area contributed by atoms with Gasteiger partial charge in [-0.15, -0.1) is 0 Å². The summed E-state index contributed by atoms with van der Waals surface area (Å²) in [6.07, 6.45) is 9.09. The molecule has 3 fully saturated rings. The van der Waals surface area contributed by atoms with Crippen LogP contribution < -0.4 is 0 Å². The third-order valence-corrected chi connectivity index (χ3v) is 8.17. The van der Waals surface area contributed by atoms with Crippen LogP contribution in [0.5, 0.6) is 0 Å². The van der Waals surface area contributed by atoms with Gasteiger partial charge < -0.3 is 4.74 Å². The highest BCUT2D eigenvalue weighted by atomic mass is 16.5. The summed E-state index contributed by atoms with van der Waals surface area (Å²) in [4.78, 5) is 37.5. The quantitative estimate of drug-likeness (QED) is 0.469. The van der Waals surface area contributed by atoms with Crippen molar-refractivity contribution >= 4 is 17.5 Å². The Labute approximate surface area is 163 Å². The summed E-state index contributed by atoms with van der Waals surface area (Å²) in [5, 5.41) is 0. The number of unbranched alkanes of at least 4 members (excludes halogenated alkanes) is 2. The molecular formula is C23H36O4. The largest absolute Gasteiger partial charge is 0.466 e. The molecule has 0 aromatic rings. The van der Waals surface area contributed by atoms with E-state index >= 15 is 0 Å². The molecule has 0 spiro atoms. The molecule has 5 unspecified atom stereocenters. The zero-order valence-electron chi connectivity index (χ0n) is 17.4. The molecule has 4 heteroatoms. The molecular weight excluding hydrogens is 340 g/mol.